The van der Waals surface area contributed by atoms with E-state index < -0.39 is 5.82 Å². The Morgan fingerprint density at radius 2 is 1.73 bits per heavy atom. The minimum atomic E-state index is -0.403. The summed E-state index contributed by atoms with van der Waals surface area (Å²) in [6.07, 6.45) is 10.7. The van der Waals surface area contributed by atoms with Crippen molar-refractivity contribution in [2.75, 3.05) is 20.2 Å². The Labute approximate surface area is 228 Å². The molecular weight excluding hydrogens is 511 g/mol. The van der Waals surface area contributed by atoms with Crippen LogP contribution in [0.5, 0.6) is 11.5 Å². The number of methoxy groups -OCH3 is 1. The van der Waals surface area contributed by atoms with E-state index in [0.717, 1.165) is 53.8 Å². The van der Waals surface area contributed by atoms with Crippen molar-refractivity contribution in [1.82, 2.24) is 40.4 Å². The van der Waals surface area contributed by atoms with Crippen LogP contribution >= 0.6 is 0 Å². The summed E-state index contributed by atoms with van der Waals surface area (Å²) in [5, 5.41) is 11.8. The molecule has 6 heterocycles. The molecule has 7 rings (SSSR count). The summed E-state index contributed by atoms with van der Waals surface area (Å²) in [5.41, 5.74) is 5.63. The van der Waals surface area contributed by atoms with Crippen LogP contribution < -0.4 is 14.8 Å². The second kappa shape index (κ2) is 10.0. The van der Waals surface area contributed by atoms with Crippen molar-refractivity contribution in [2.24, 2.45) is 0 Å². The summed E-state index contributed by atoms with van der Waals surface area (Å²) < 4.78 is 25.7. The first kappa shape index (κ1) is 24.2. The number of piperidine rings is 1. The van der Waals surface area contributed by atoms with Gasteiger partial charge in [0.25, 0.3) is 0 Å². The molecule has 0 amide bonds. The lowest BCUT2D eigenvalue weighted by Gasteiger charge is -2.23. The number of fused-ring (bicyclic) bond motifs is 2. The Kier molecular flexibility index (Phi) is 6.05. The van der Waals surface area contributed by atoms with E-state index in [1.54, 1.807) is 37.1 Å². The van der Waals surface area contributed by atoms with Crippen molar-refractivity contribution >= 4 is 21.9 Å². The highest BCUT2D eigenvalue weighted by molar-refractivity contribution is 5.97. The van der Waals surface area contributed by atoms with E-state index in [4.69, 9.17) is 14.5 Å². The summed E-state index contributed by atoms with van der Waals surface area (Å²) >= 11 is 0. The molecule has 5 aromatic heterocycles. The number of imidazole rings is 1. The van der Waals surface area contributed by atoms with Crippen LogP contribution in [-0.2, 0) is 0 Å². The van der Waals surface area contributed by atoms with Crippen LogP contribution in [0.15, 0.2) is 61.3 Å². The highest BCUT2D eigenvalue weighted by Gasteiger charge is 2.18. The summed E-state index contributed by atoms with van der Waals surface area (Å²) in [6.45, 7) is 1.91. The van der Waals surface area contributed by atoms with Crippen molar-refractivity contribution in [3.8, 4) is 45.4 Å². The zero-order valence-electron chi connectivity index (χ0n) is 21.6. The van der Waals surface area contributed by atoms with Gasteiger partial charge in [-0.25, -0.2) is 9.37 Å². The summed E-state index contributed by atoms with van der Waals surface area (Å²) in [5.74, 6) is 1.29. The van der Waals surface area contributed by atoms with E-state index in [9.17, 15) is 4.39 Å². The molecule has 200 valence electrons. The fourth-order valence-electron chi connectivity index (χ4n) is 5.08. The zero-order valence-corrected chi connectivity index (χ0v) is 21.6. The third-order valence-electron chi connectivity index (χ3n) is 7.08. The van der Waals surface area contributed by atoms with E-state index in [0.29, 0.717) is 39.4 Å². The number of nitrogens with zero attached hydrogens (tertiary/aromatic N) is 5. The lowest BCUT2D eigenvalue weighted by molar-refractivity contribution is 0.162. The first-order chi connectivity index (χ1) is 19.6. The van der Waals surface area contributed by atoms with Crippen LogP contribution in [0.1, 0.15) is 12.8 Å². The number of rotatable bonds is 6. The number of nitrogens with one attached hydrogen (secondary N) is 3. The molecule has 0 bridgehead atoms. The van der Waals surface area contributed by atoms with Gasteiger partial charge in [0.2, 0.25) is 0 Å². The Balaban J connectivity index is 1.26. The minimum absolute atomic E-state index is 0.176. The van der Waals surface area contributed by atoms with E-state index in [2.05, 4.69) is 35.5 Å². The largest absolute Gasteiger partial charge is 0.497 e. The van der Waals surface area contributed by atoms with Crippen LogP contribution in [0.2, 0.25) is 0 Å². The lowest BCUT2D eigenvalue weighted by atomic mass is 10.1. The maximum atomic E-state index is 14.3. The smallest absolute Gasteiger partial charge is 0.159 e. The molecule has 6 aromatic rings. The third-order valence-corrected chi connectivity index (χ3v) is 7.08. The van der Waals surface area contributed by atoms with Gasteiger partial charge in [-0.15, -0.1) is 0 Å². The monoisotopic (exact) mass is 536 g/mol. The van der Waals surface area contributed by atoms with Crippen molar-refractivity contribution in [3.05, 3.63) is 67.1 Å². The van der Waals surface area contributed by atoms with E-state index in [1.165, 1.54) is 19.2 Å². The number of ether oxygens (including phenoxy) is 2. The predicted molar refractivity (Wildman–Crippen MR) is 148 cm³/mol. The molecule has 11 heteroatoms. The molecule has 1 fully saturated rings. The highest BCUT2D eigenvalue weighted by atomic mass is 19.1. The molecule has 0 radical (unpaired) electrons. The van der Waals surface area contributed by atoms with Gasteiger partial charge < -0.3 is 19.8 Å². The normalized spacial score (nSPS) is 14.2. The summed E-state index contributed by atoms with van der Waals surface area (Å²) in [6, 6.07) is 8.46. The minimum Gasteiger partial charge on any atom is -0.497 e. The molecule has 40 heavy (non-hydrogen) atoms. The van der Waals surface area contributed by atoms with Crippen molar-refractivity contribution in [1.29, 1.82) is 0 Å². The van der Waals surface area contributed by atoms with Gasteiger partial charge in [0.1, 0.15) is 29.1 Å². The Morgan fingerprint density at radius 1 is 0.875 bits per heavy atom. The SMILES string of the molecule is COc1cc(F)cc(-c2cncc3[nH]c(-c4n[nH]c5cnc(-c6cncc(OC7CCNCC7)c6)cc45)nc23)c1. The Hall–Kier alpha value is -4.90. The quantitative estimate of drug-likeness (QED) is 0.274. The lowest BCUT2D eigenvalue weighted by Crippen LogP contribution is -2.34. The number of halogens is 1. The molecule has 0 atom stereocenters. The van der Waals surface area contributed by atoms with Crippen molar-refractivity contribution in [2.45, 2.75) is 18.9 Å². The number of H-pyrrole nitrogens is 2. The van der Waals surface area contributed by atoms with Gasteiger partial charge in [-0.1, -0.05) is 0 Å². The molecule has 0 saturated carbocycles. The van der Waals surface area contributed by atoms with E-state index >= 15 is 0 Å². The van der Waals surface area contributed by atoms with Crippen LogP contribution in [-0.4, -0.2) is 61.4 Å². The van der Waals surface area contributed by atoms with Gasteiger partial charge in [0.05, 0.1) is 47.9 Å². The van der Waals surface area contributed by atoms with Crippen LogP contribution in [0, 0.1) is 5.82 Å². The fraction of sp³-hybridized carbons (Fsp3) is 0.207. The standard InChI is InChI=1S/C29H25FN8O2/c1-39-20-7-16(6-18(30)9-20)23-13-33-14-26-27(23)36-29(35-26)28-22-10-24(34-15-25(22)37-38-28)17-8-21(12-32-11-17)40-19-2-4-31-5-3-19/h6-15,19,31H,2-5H2,1H3,(H,35,36)(H,37,38). The highest BCUT2D eigenvalue weighted by Crippen LogP contribution is 2.34. The Morgan fingerprint density at radius 3 is 2.60 bits per heavy atom. The summed E-state index contributed by atoms with van der Waals surface area (Å²) in [4.78, 5) is 21.5. The van der Waals surface area contributed by atoms with Crippen LogP contribution in [0.3, 0.4) is 0 Å². The van der Waals surface area contributed by atoms with Gasteiger partial charge in [-0.3, -0.25) is 20.1 Å². The number of hydrogen-bond donors (Lipinski definition) is 3. The first-order valence-corrected chi connectivity index (χ1v) is 13.0. The molecule has 10 nitrogen and oxygen atoms in total. The Bertz CT molecular complexity index is 1840. The number of aromatic nitrogens is 7. The number of hydrogen-bond acceptors (Lipinski definition) is 8. The maximum absolute atomic E-state index is 14.3. The van der Waals surface area contributed by atoms with Gasteiger partial charge in [0.15, 0.2) is 5.82 Å². The van der Waals surface area contributed by atoms with E-state index in [1.807, 2.05) is 12.1 Å². The topological polar surface area (TPSA) is 127 Å². The second-order valence-corrected chi connectivity index (χ2v) is 9.71. The average Bonchev–Trinajstić information content (AvgIpc) is 3.61. The van der Waals surface area contributed by atoms with Gasteiger partial charge >= 0.3 is 0 Å². The average molecular weight is 537 g/mol. The van der Waals surface area contributed by atoms with E-state index in [-0.39, 0.29) is 6.10 Å². The molecule has 1 aromatic carbocycles. The van der Waals surface area contributed by atoms with Crippen LogP contribution in [0.4, 0.5) is 4.39 Å². The van der Waals surface area contributed by atoms with Crippen LogP contribution in [0.25, 0.3) is 55.8 Å². The van der Waals surface area contributed by atoms with Crippen molar-refractivity contribution < 1.29 is 13.9 Å². The molecular formula is C29H25FN8O2. The molecule has 1 aliphatic rings. The third kappa shape index (κ3) is 4.50. The number of aromatic amines is 2. The zero-order chi connectivity index (χ0) is 27.1. The molecule has 0 aliphatic carbocycles. The predicted octanol–water partition coefficient (Wildman–Crippen LogP) is 4.90. The first-order valence-electron chi connectivity index (χ1n) is 13.0. The van der Waals surface area contributed by atoms with Gasteiger partial charge in [-0.2, -0.15) is 5.10 Å². The molecule has 3 N–H and O–H groups in total. The fourth-order valence-corrected chi connectivity index (χ4v) is 5.08. The second-order valence-electron chi connectivity index (χ2n) is 9.71. The molecule has 0 spiro atoms. The summed E-state index contributed by atoms with van der Waals surface area (Å²) in [7, 11) is 1.50. The molecule has 1 aliphatic heterocycles. The molecule has 0 unspecified atom stereocenters. The van der Waals surface area contributed by atoms with Gasteiger partial charge in [-0.05, 0) is 55.8 Å². The number of pyridine rings is 3. The van der Waals surface area contributed by atoms with Crippen molar-refractivity contribution in [3.63, 3.8) is 0 Å². The maximum Gasteiger partial charge on any atom is 0.159 e. The molecule has 1 saturated heterocycles. The van der Waals surface area contributed by atoms with Gasteiger partial charge in [0, 0.05) is 35.0 Å². The number of benzene rings is 1.